The number of benzene rings is 2. The maximum atomic E-state index is 12.9. The van der Waals surface area contributed by atoms with Crippen molar-refractivity contribution in [3.63, 3.8) is 0 Å². The predicted molar refractivity (Wildman–Crippen MR) is 114 cm³/mol. The van der Waals surface area contributed by atoms with Crippen molar-refractivity contribution < 1.29 is 23.9 Å². The summed E-state index contributed by atoms with van der Waals surface area (Å²) in [5.41, 5.74) is 1.27. The van der Waals surface area contributed by atoms with E-state index < -0.39 is 36.3 Å². The lowest BCUT2D eigenvalue weighted by atomic mass is 10.0. The summed E-state index contributed by atoms with van der Waals surface area (Å²) in [6.45, 7) is 3.42. The summed E-state index contributed by atoms with van der Waals surface area (Å²) in [5, 5.41) is 2.76. The fourth-order valence-corrected chi connectivity index (χ4v) is 3.66. The first-order chi connectivity index (χ1) is 14.9. The third-order valence-electron chi connectivity index (χ3n) is 5.16. The van der Waals surface area contributed by atoms with Gasteiger partial charge in [0.2, 0.25) is 0 Å². The molecule has 0 radical (unpaired) electrons. The zero-order valence-corrected chi connectivity index (χ0v) is 17.7. The van der Waals surface area contributed by atoms with Gasteiger partial charge >= 0.3 is 5.97 Å². The van der Waals surface area contributed by atoms with E-state index in [-0.39, 0.29) is 23.6 Å². The van der Waals surface area contributed by atoms with Crippen molar-refractivity contribution in [2.24, 2.45) is 0 Å². The molecular weight excluding hydrogens is 396 g/mol. The maximum Gasteiger partial charge on any atom is 0.330 e. The summed E-state index contributed by atoms with van der Waals surface area (Å²) < 4.78 is 5.23. The van der Waals surface area contributed by atoms with Crippen LogP contribution in [0.2, 0.25) is 0 Å². The van der Waals surface area contributed by atoms with Crippen molar-refractivity contribution in [3.8, 4) is 0 Å². The third kappa shape index (κ3) is 5.17. The van der Waals surface area contributed by atoms with Gasteiger partial charge in [-0.25, -0.2) is 4.79 Å². The molecule has 0 aromatic heterocycles. The van der Waals surface area contributed by atoms with Gasteiger partial charge in [-0.2, -0.15) is 0 Å². The molecule has 2 atom stereocenters. The Balaban J connectivity index is 1.77. The normalized spacial score (nSPS) is 14.7. The van der Waals surface area contributed by atoms with Gasteiger partial charge in [-0.3, -0.25) is 19.3 Å². The first-order valence-electron chi connectivity index (χ1n) is 10.4. The summed E-state index contributed by atoms with van der Waals surface area (Å²) in [7, 11) is 0. The molecule has 2 aromatic carbocycles. The summed E-state index contributed by atoms with van der Waals surface area (Å²) in [6.07, 6.45) is 1.82. The average Bonchev–Trinajstić information content (AvgIpc) is 3.01. The minimum absolute atomic E-state index is 0.0347. The van der Waals surface area contributed by atoms with Crippen molar-refractivity contribution >= 4 is 23.7 Å². The molecule has 162 valence electrons. The van der Waals surface area contributed by atoms with E-state index in [2.05, 4.69) is 5.32 Å². The van der Waals surface area contributed by atoms with E-state index in [1.165, 1.54) is 0 Å². The Hall–Kier alpha value is -3.48. The highest BCUT2D eigenvalue weighted by atomic mass is 16.5. The van der Waals surface area contributed by atoms with Crippen LogP contribution in [0.1, 0.15) is 53.0 Å². The Morgan fingerprint density at radius 3 is 2.13 bits per heavy atom. The molecule has 0 saturated heterocycles. The SMILES string of the molecule is CCC[C@@H](C)NC(=O)COC(=O)[C@H](Cc1ccccc1)N1C(=O)c2ccccc2C1=O. The van der Waals surface area contributed by atoms with Gasteiger partial charge in [0.1, 0.15) is 6.04 Å². The summed E-state index contributed by atoms with van der Waals surface area (Å²) in [4.78, 5) is 51.8. The van der Waals surface area contributed by atoms with Crippen molar-refractivity contribution in [1.29, 1.82) is 0 Å². The number of nitrogens with one attached hydrogen (secondary N) is 1. The fraction of sp³-hybridized carbons (Fsp3) is 0.333. The predicted octanol–water partition coefficient (Wildman–Crippen LogP) is 2.74. The molecule has 0 spiro atoms. The summed E-state index contributed by atoms with van der Waals surface area (Å²) in [6, 6.07) is 14.3. The Labute approximate surface area is 181 Å². The number of ether oxygens (including phenoxy) is 1. The van der Waals surface area contributed by atoms with Crippen molar-refractivity contribution in [3.05, 3.63) is 71.3 Å². The van der Waals surface area contributed by atoms with Crippen LogP contribution in [0.4, 0.5) is 0 Å². The summed E-state index contributed by atoms with van der Waals surface area (Å²) >= 11 is 0. The van der Waals surface area contributed by atoms with Crippen LogP contribution >= 0.6 is 0 Å². The molecule has 1 heterocycles. The van der Waals surface area contributed by atoms with Crippen LogP contribution in [0.3, 0.4) is 0 Å². The fourth-order valence-electron chi connectivity index (χ4n) is 3.66. The molecule has 1 aliphatic rings. The second-order valence-corrected chi connectivity index (χ2v) is 7.60. The molecule has 0 aliphatic carbocycles. The molecule has 31 heavy (non-hydrogen) atoms. The zero-order valence-electron chi connectivity index (χ0n) is 17.7. The highest BCUT2D eigenvalue weighted by Crippen LogP contribution is 2.26. The number of carbonyl (C=O) groups is 4. The Kier molecular flexibility index (Phi) is 7.18. The smallest absolute Gasteiger partial charge is 0.330 e. The number of nitrogens with zero attached hydrogens (tertiary/aromatic N) is 1. The van der Waals surface area contributed by atoms with Gasteiger partial charge in [-0.15, -0.1) is 0 Å². The van der Waals surface area contributed by atoms with Crippen LogP contribution in [0, 0.1) is 0 Å². The van der Waals surface area contributed by atoms with Crippen LogP contribution < -0.4 is 5.32 Å². The lowest BCUT2D eigenvalue weighted by molar-refractivity contribution is -0.152. The second-order valence-electron chi connectivity index (χ2n) is 7.60. The number of esters is 1. The Morgan fingerprint density at radius 1 is 0.968 bits per heavy atom. The van der Waals surface area contributed by atoms with E-state index in [0.717, 1.165) is 23.3 Å². The molecule has 0 bridgehead atoms. The Bertz CT molecular complexity index is 938. The lowest BCUT2D eigenvalue weighted by Gasteiger charge is -2.25. The molecule has 0 saturated carbocycles. The van der Waals surface area contributed by atoms with Crippen LogP contribution in [0.5, 0.6) is 0 Å². The van der Waals surface area contributed by atoms with E-state index in [1.54, 1.807) is 36.4 Å². The van der Waals surface area contributed by atoms with Crippen LogP contribution in [0.15, 0.2) is 54.6 Å². The van der Waals surface area contributed by atoms with Gasteiger partial charge in [0, 0.05) is 12.5 Å². The highest BCUT2D eigenvalue weighted by molar-refractivity contribution is 6.22. The number of amides is 3. The topological polar surface area (TPSA) is 92.8 Å². The van der Waals surface area contributed by atoms with E-state index in [0.29, 0.717) is 0 Å². The lowest BCUT2D eigenvalue weighted by Crippen LogP contribution is -2.48. The standard InChI is InChI=1S/C24H26N2O5/c1-3-9-16(2)25-21(27)15-31-24(30)20(14-17-10-5-4-6-11-17)26-22(28)18-12-7-8-13-19(18)23(26)29/h4-8,10-13,16,20H,3,9,14-15H2,1-2H3,(H,25,27)/t16-,20+/m1/s1. The second kappa shape index (κ2) is 10.0. The average molecular weight is 422 g/mol. The minimum atomic E-state index is -1.17. The molecule has 1 aliphatic heterocycles. The number of imide groups is 1. The number of hydrogen-bond donors (Lipinski definition) is 1. The monoisotopic (exact) mass is 422 g/mol. The maximum absolute atomic E-state index is 12.9. The molecule has 0 unspecified atom stereocenters. The van der Waals surface area contributed by atoms with Gasteiger partial charge in [0.25, 0.3) is 17.7 Å². The van der Waals surface area contributed by atoms with E-state index in [4.69, 9.17) is 4.74 Å². The number of fused-ring (bicyclic) bond motifs is 1. The molecule has 3 amide bonds. The molecule has 0 fully saturated rings. The molecule has 1 N–H and O–H groups in total. The quantitative estimate of drug-likeness (QED) is 0.496. The molecule has 7 nitrogen and oxygen atoms in total. The van der Waals surface area contributed by atoms with Crippen molar-refractivity contribution in [2.75, 3.05) is 6.61 Å². The van der Waals surface area contributed by atoms with E-state index in [9.17, 15) is 19.2 Å². The van der Waals surface area contributed by atoms with Crippen LogP contribution in [0.25, 0.3) is 0 Å². The highest BCUT2D eigenvalue weighted by Gasteiger charge is 2.43. The third-order valence-corrected chi connectivity index (χ3v) is 5.16. The van der Waals surface area contributed by atoms with Gasteiger partial charge in [-0.05, 0) is 31.0 Å². The van der Waals surface area contributed by atoms with Gasteiger partial charge in [-0.1, -0.05) is 55.8 Å². The first kappa shape index (κ1) is 22.2. The van der Waals surface area contributed by atoms with E-state index >= 15 is 0 Å². The summed E-state index contributed by atoms with van der Waals surface area (Å²) in [5.74, 6) is -2.30. The largest absolute Gasteiger partial charge is 0.454 e. The van der Waals surface area contributed by atoms with Crippen molar-refractivity contribution in [2.45, 2.75) is 45.2 Å². The van der Waals surface area contributed by atoms with Crippen molar-refractivity contribution in [1.82, 2.24) is 10.2 Å². The Morgan fingerprint density at radius 2 is 1.55 bits per heavy atom. The van der Waals surface area contributed by atoms with Gasteiger partial charge in [0.15, 0.2) is 6.61 Å². The molecule has 2 aromatic rings. The zero-order chi connectivity index (χ0) is 22.4. The first-order valence-corrected chi connectivity index (χ1v) is 10.4. The van der Waals surface area contributed by atoms with Gasteiger partial charge < -0.3 is 10.1 Å². The van der Waals surface area contributed by atoms with Crippen LogP contribution in [-0.2, 0) is 20.7 Å². The number of rotatable bonds is 9. The molecule has 7 heteroatoms. The molecule has 3 rings (SSSR count). The van der Waals surface area contributed by atoms with Crippen LogP contribution in [-0.4, -0.2) is 47.3 Å². The molecular formula is C24H26N2O5. The van der Waals surface area contributed by atoms with E-state index in [1.807, 2.05) is 32.0 Å². The number of carbonyl (C=O) groups excluding carboxylic acids is 4. The number of hydrogen-bond acceptors (Lipinski definition) is 5. The minimum Gasteiger partial charge on any atom is -0.454 e. The van der Waals surface area contributed by atoms with Gasteiger partial charge in [0.05, 0.1) is 11.1 Å².